The number of fused-ring (bicyclic) bond motifs is 1. The quantitative estimate of drug-likeness (QED) is 0.834. The van der Waals surface area contributed by atoms with Gasteiger partial charge in [0.05, 0.1) is 6.54 Å². The molecule has 0 atom stereocenters. The Kier molecular flexibility index (Phi) is 2.59. The summed E-state index contributed by atoms with van der Waals surface area (Å²) in [5.41, 5.74) is 5.42. The minimum atomic E-state index is -4.49. The SMILES string of the molecule is Nc1nsc(N2CCn3c(nnc3C(F)(F)F)C2)n1. The topological polar surface area (TPSA) is 85.8 Å². The van der Waals surface area contributed by atoms with Crippen LogP contribution in [-0.4, -0.2) is 30.7 Å². The maximum atomic E-state index is 12.7. The summed E-state index contributed by atoms with van der Waals surface area (Å²) in [5.74, 6) is -0.547. The molecule has 0 unspecified atom stereocenters. The lowest BCUT2D eigenvalue weighted by atomic mass is 10.3. The van der Waals surface area contributed by atoms with E-state index in [0.29, 0.717) is 11.7 Å². The normalized spacial score (nSPS) is 15.6. The third-order valence-corrected chi connectivity index (χ3v) is 3.50. The summed E-state index contributed by atoms with van der Waals surface area (Å²) < 4.78 is 42.9. The van der Waals surface area contributed by atoms with Gasteiger partial charge in [-0.3, -0.25) is 0 Å². The Morgan fingerprint density at radius 2 is 2.00 bits per heavy atom. The van der Waals surface area contributed by atoms with Crippen LogP contribution in [0.15, 0.2) is 0 Å². The number of hydrogen-bond donors (Lipinski definition) is 1. The molecule has 0 fully saturated rings. The first-order valence-electron chi connectivity index (χ1n) is 5.28. The Labute approximate surface area is 109 Å². The molecule has 0 saturated carbocycles. The van der Waals surface area contributed by atoms with Crippen molar-refractivity contribution in [1.29, 1.82) is 0 Å². The van der Waals surface area contributed by atoms with E-state index in [2.05, 4.69) is 19.6 Å². The fourth-order valence-corrected chi connectivity index (χ4v) is 2.51. The molecule has 1 aliphatic rings. The summed E-state index contributed by atoms with van der Waals surface area (Å²) in [5, 5.41) is 7.36. The highest BCUT2D eigenvalue weighted by Gasteiger charge is 2.39. The van der Waals surface area contributed by atoms with Crippen molar-refractivity contribution in [3.63, 3.8) is 0 Å². The zero-order valence-electron chi connectivity index (χ0n) is 9.42. The van der Waals surface area contributed by atoms with Crippen LogP contribution in [0.25, 0.3) is 0 Å². The fourth-order valence-electron chi connectivity index (χ4n) is 1.89. The van der Waals surface area contributed by atoms with Gasteiger partial charge < -0.3 is 15.2 Å². The molecular weight excluding hydrogens is 283 g/mol. The number of hydrogen-bond acceptors (Lipinski definition) is 7. The summed E-state index contributed by atoms with van der Waals surface area (Å²) in [7, 11) is 0. The molecule has 2 aromatic rings. The van der Waals surface area contributed by atoms with Crippen LogP contribution in [0.2, 0.25) is 0 Å². The standard InChI is InChI=1S/C8H8F3N7S/c9-8(10,11)5-15-14-4-3-17(1-2-18(4)5)7-13-6(12)16-19-7/h1-3H2,(H2,12,16). The average molecular weight is 291 g/mol. The Morgan fingerprint density at radius 3 is 2.63 bits per heavy atom. The van der Waals surface area contributed by atoms with Gasteiger partial charge in [-0.2, -0.15) is 22.5 Å². The van der Waals surface area contributed by atoms with Crippen molar-refractivity contribution >= 4 is 22.6 Å². The number of alkyl halides is 3. The molecule has 3 heterocycles. The minimum absolute atomic E-state index is 0.149. The van der Waals surface area contributed by atoms with E-state index in [1.165, 1.54) is 0 Å². The van der Waals surface area contributed by atoms with Crippen molar-refractivity contribution in [3.05, 3.63) is 11.6 Å². The van der Waals surface area contributed by atoms with Gasteiger partial charge in [0.15, 0.2) is 5.82 Å². The van der Waals surface area contributed by atoms with Crippen molar-refractivity contribution in [1.82, 2.24) is 24.1 Å². The maximum absolute atomic E-state index is 12.7. The molecule has 3 rings (SSSR count). The average Bonchev–Trinajstić information content (AvgIpc) is 2.92. The molecule has 0 aromatic carbocycles. The first kappa shape index (κ1) is 12.1. The molecule has 7 nitrogen and oxygen atoms in total. The summed E-state index contributed by atoms with van der Waals surface area (Å²) in [6.07, 6.45) is -4.49. The molecule has 11 heteroatoms. The molecule has 2 N–H and O–H groups in total. The molecule has 0 bridgehead atoms. The van der Waals surface area contributed by atoms with E-state index in [0.717, 1.165) is 16.1 Å². The van der Waals surface area contributed by atoms with Crippen LogP contribution >= 0.6 is 11.5 Å². The fraction of sp³-hybridized carbons (Fsp3) is 0.500. The van der Waals surface area contributed by atoms with E-state index in [4.69, 9.17) is 5.73 Å². The highest BCUT2D eigenvalue weighted by Crippen LogP contribution is 2.30. The zero-order chi connectivity index (χ0) is 13.6. The molecule has 102 valence electrons. The predicted molar refractivity (Wildman–Crippen MR) is 60.4 cm³/mol. The number of nitrogens with two attached hydrogens (primary N) is 1. The first-order chi connectivity index (χ1) is 8.95. The van der Waals surface area contributed by atoms with Crippen LogP contribution in [0, 0.1) is 0 Å². The zero-order valence-corrected chi connectivity index (χ0v) is 10.2. The van der Waals surface area contributed by atoms with E-state index < -0.39 is 12.0 Å². The largest absolute Gasteiger partial charge is 0.451 e. The van der Waals surface area contributed by atoms with Crippen LogP contribution in [-0.2, 0) is 19.3 Å². The number of nitrogen functional groups attached to an aromatic ring is 1. The van der Waals surface area contributed by atoms with Crippen LogP contribution in [0.3, 0.4) is 0 Å². The van der Waals surface area contributed by atoms with Gasteiger partial charge in [-0.15, -0.1) is 10.2 Å². The Bertz CT molecular complexity index is 604. The lowest BCUT2D eigenvalue weighted by Crippen LogP contribution is -2.35. The highest BCUT2D eigenvalue weighted by atomic mass is 32.1. The van der Waals surface area contributed by atoms with Gasteiger partial charge in [0.25, 0.3) is 0 Å². The second-order valence-electron chi connectivity index (χ2n) is 3.95. The van der Waals surface area contributed by atoms with E-state index in [1.54, 1.807) is 4.90 Å². The van der Waals surface area contributed by atoms with Crippen LogP contribution < -0.4 is 10.6 Å². The van der Waals surface area contributed by atoms with E-state index in [-0.39, 0.29) is 24.9 Å². The van der Waals surface area contributed by atoms with Crippen molar-refractivity contribution in [2.75, 3.05) is 17.2 Å². The van der Waals surface area contributed by atoms with Crippen LogP contribution in [0.4, 0.5) is 24.3 Å². The molecule has 0 radical (unpaired) electrons. The molecular formula is C8H8F3N7S. The lowest BCUT2D eigenvalue weighted by Gasteiger charge is -2.27. The van der Waals surface area contributed by atoms with E-state index in [9.17, 15) is 13.2 Å². The van der Waals surface area contributed by atoms with Gasteiger partial charge >= 0.3 is 6.18 Å². The van der Waals surface area contributed by atoms with Crippen molar-refractivity contribution in [2.45, 2.75) is 19.3 Å². The van der Waals surface area contributed by atoms with E-state index in [1.807, 2.05) is 0 Å². The molecule has 19 heavy (non-hydrogen) atoms. The van der Waals surface area contributed by atoms with Gasteiger partial charge in [-0.25, -0.2) is 0 Å². The second-order valence-corrected chi connectivity index (χ2v) is 4.68. The maximum Gasteiger partial charge on any atom is 0.451 e. The monoisotopic (exact) mass is 291 g/mol. The summed E-state index contributed by atoms with van der Waals surface area (Å²) in [6.45, 7) is 0.733. The number of halogens is 3. The second kappa shape index (κ2) is 4.05. The molecule has 1 aliphatic heterocycles. The molecule has 2 aromatic heterocycles. The predicted octanol–water partition coefficient (Wildman–Crippen LogP) is 0.751. The van der Waals surface area contributed by atoms with Crippen molar-refractivity contribution < 1.29 is 13.2 Å². The number of rotatable bonds is 1. The molecule has 0 spiro atoms. The Hall–Kier alpha value is -1.91. The first-order valence-corrected chi connectivity index (χ1v) is 6.06. The summed E-state index contributed by atoms with van der Waals surface area (Å²) >= 11 is 1.10. The molecule has 0 amide bonds. The van der Waals surface area contributed by atoms with E-state index >= 15 is 0 Å². The van der Waals surface area contributed by atoms with Gasteiger partial charge in [0.1, 0.15) is 0 Å². The van der Waals surface area contributed by atoms with Gasteiger partial charge in [-0.05, 0) is 0 Å². The van der Waals surface area contributed by atoms with Crippen LogP contribution in [0.5, 0.6) is 0 Å². The third kappa shape index (κ3) is 2.09. The number of nitrogens with zero attached hydrogens (tertiary/aromatic N) is 6. The number of anilines is 2. The van der Waals surface area contributed by atoms with Gasteiger partial charge in [0, 0.05) is 24.6 Å². The molecule has 0 aliphatic carbocycles. The summed E-state index contributed by atoms with van der Waals surface area (Å²) in [4.78, 5) is 5.77. The molecule has 0 saturated heterocycles. The van der Waals surface area contributed by atoms with Gasteiger partial charge in [0.2, 0.25) is 16.9 Å². The van der Waals surface area contributed by atoms with Gasteiger partial charge in [-0.1, -0.05) is 0 Å². The van der Waals surface area contributed by atoms with Crippen molar-refractivity contribution in [2.24, 2.45) is 0 Å². The minimum Gasteiger partial charge on any atom is -0.367 e. The Morgan fingerprint density at radius 1 is 1.21 bits per heavy atom. The third-order valence-electron chi connectivity index (χ3n) is 2.71. The highest BCUT2D eigenvalue weighted by molar-refractivity contribution is 7.09. The van der Waals surface area contributed by atoms with Crippen molar-refractivity contribution in [3.8, 4) is 0 Å². The lowest BCUT2D eigenvalue weighted by molar-refractivity contribution is -0.147. The summed E-state index contributed by atoms with van der Waals surface area (Å²) in [6, 6.07) is 0. The number of aromatic nitrogens is 5. The smallest absolute Gasteiger partial charge is 0.367 e. The Balaban J connectivity index is 1.88. The van der Waals surface area contributed by atoms with Crippen LogP contribution in [0.1, 0.15) is 11.6 Å².